The molecule has 0 N–H and O–H groups in total. The van der Waals surface area contributed by atoms with Crippen molar-refractivity contribution in [1.29, 1.82) is 0 Å². The van der Waals surface area contributed by atoms with E-state index in [9.17, 15) is 14.4 Å². The molecule has 0 saturated heterocycles. The maximum Gasteiger partial charge on any atom is 0.343 e. The van der Waals surface area contributed by atoms with Gasteiger partial charge >= 0.3 is 11.9 Å². The predicted molar refractivity (Wildman–Crippen MR) is 145 cm³/mol. The summed E-state index contributed by atoms with van der Waals surface area (Å²) in [6.07, 6.45) is 3.74. The van der Waals surface area contributed by atoms with E-state index in [-0.39, 0.29) is 12.4 Å². The number of carbonyl (C=O) groups excluding carboxylic acids is 3. The fraction of sp³-hybridized carbons (Fsp3) is 0.194. The molecule has 0 unspecified atom stereocenters. The molecule has 3 rings (SSSR count). The van der Waals surface area contributed by atoms with Crippen LogP contribution in [0.1, 0.15) is 39.1 Å². The molecule has 8 heteroatoms. The van der Waals surface area contributed by atoms with Crippen LogP contribution in [0.2, 0.25) is 0 Å². The third kappa shape index (κ3) is 9.51. The van der Waals surface area contributed by atoms with Crippen molar-refractivity contribution in [1.82, 2.24) is 0 Å². The van der Waals surface area contributed by atoms with Crippen LogP contribution < -0.4 is 14.2 Å². The van der Waals surface area contributed by atoms with E-state index in [1.54, 1.807) is 72.8 Å². The van der Waals surface area contributed by atoms with Gasteiger partial charge in [0.25, 0.3) is 0 Å². The number of rotatable bonds is 16. The van der Waals surface area contributed by atoms with Gasteiger partial charge in [-0.15, -0.1) is 0 Å². The summed E-state index contributed by atoms with van der Waals surface area (Å²) in [4.78, 5) is 36.3. The first-order valence-electron chi connectivity index (χ1n) is 12.3. The lowest BCUT2D eigenvalue weighted by molar-refractivity contribution is -0.137. The smallest absolute Gasteiger partial charge is 0.343 e. The zero-order valence-electron chi connectivity index (χ0n) is 21.5. The zero-order valence-corrected chi connectivity index (χ0v) is 21.5. The molecule has 3 aromatic carbocycles. The van der Waals surface area contributed by atoms with Gasteiger partial charge < -0.3 is 23.7 Å². The largest absolute Gasteiger partial charge is 0.502 e. The van der Waals surface area contributed by atoms with E-state index in [1.807, 2.05) is 0 Å². The topological polar surface area (TPSA) is 97.4 Å². The lowest BCUT2D eigenvalue weighted by Crippen LogP contribution is -2.09. The van der Waals surface area contributed by atoms with E-state index in [1.165, 1.54) is 6.26 Å². The van der Waals surface area contributed by atoms with Crippen LogP contribution in [-0.2, 0) is 14.3 Å². The van der Waals surface area contributed by atoms with Gasteiger partial charge in [0.05, 0.1) is 38.3 Å². The molecule has 0 fully saturated rings. The molecule has 0 aromatic heterocycles. The number of ether oxygens (including phenoxy) is 5. The van der Waals surface area contributed by atoms with Crippen molar-refractivity contribution in [3.8, 4) is 17.2 Å². The summed E-state index contributed by atoms with van der Waals surface area (Å²) < 4.78 is 26.5. The van der Waals surface area contributed by atoms with Crippen LogP contribution in [0, 0.1) is 0 Å². The summed E-state index contributed by atoms with van der Waals surface area (Å²) in [5, 5.41) is 0. The molecule has 0 saturated carbocycles. The molecule has 0 amide bonds. The molecule has 39 heavy (non-hydrogen) atoms. The Morgan fingerprint density at radius 2 is 1.10 bits per heavy atom. The Morgan fingerprint density at radius 3 is 1.62 bits per heavy atom. The molecule has 8 nitrogen and oxygen atoms in total. The number of ketones is 1. The van der Waals surface area contributed by atoms with E-state index < -0.39 is 11.9 Å². The van der Waals surface area contributed by atoms with Crippen LogP contribution in [0.25, 0.3) is 0 Å². The molecule has 3 aromatic rings. The van der Waals surface area contributed by atoms with E-state index >= 15 is 0 Å². The normalized spacial score (nSPS) is 10.2. The summed E-state index contributed by atoms with van der Waals surface area (Å²) in [6, 6.07) is 19.8. The minimum absolute atomic E-state index is 0.178. The lowest BCUT2D eigenvalue weighted by Gasteiger charge is -2.09. The molecule has 0 radical (unpaired) electrons. The molecule has 202 valence electrons. The molecule has 0 aliphatic heterocycles. The van der Waals surface area contributed by atoms with Gasteiger partial charge in [0, 0.05) is 30.0 Å². The summed E-state index contributed by atoms with van der Waals surface area (Å²) >= 11 is 0. The van der Waals surface area contributed by atoms with Gasteiger partial charge in [-0.3, -0.25) is 4.79 Å². The maximum absolute atomic E-state index is 12.8. The van der Waals surface area contributed by atoms with Crippen molar-refractivity contribution in [2.75, 3.05) is 26.4 Å². The van der Waals surface area contributed by atoms with Gasteiger partial charge in [-0.1, -0.05) is 13.2 Å². The van der Waals surface area contributed by atoms with Crippen LogP contribution in [0.15, 0.2) is 98.3 Å². The predicted octanol–water partition coefficient (Wildman–Crippen LogP) is 5.56. The highest BCUT2D eigenvalue weighted by Gasteiger charge is 2.12. The second-order valence-corrected chi connectivity index (χ2v) is 8.10. The molecular weight excluding hydrogens is 500 g/mol. The minimum Gasteiger partial charge on any atom is -0.502 e. The maximum atomic E-state index is 12.8. The van der Waals surface area contributed by atoms with E-state index in [2.05, 4.69) is 13.2 Å². The standard InChI is InChI=1S/C31H30O8/c1-3-29(32)38-22-6-21-37-26-13-7-23(8-14-26)30(33)24-9-17-28(18-10-24)39-31(34)25-11-15-27(16-12-25)36-20-5-19-35-4-2/h3-4,7-18H,1-2,5-6,19-22H2. The second-order valence-electron chi connectivity index (χ2n) is 8.10. The van der Waals surface area contributed by atoms with Crippen molar-refractivity contribution in [3.05, 3.63) is 115 Å². The second kappa shape index (κ2) is 15.4. The highest BCUT2D eigenvalue weighted by molar-refractivity contribution is 6.09. The Morgan fingerprint density at radius 1 is 0.615 bits per heavy atom. The highest BCUT2D eigenvalue weighted by Crippen LogP contribution is 2.20. The van der Waals surface area contributed by atoms with Crippen molar-refractivity contribution < 1.29 is 38.1 Å². The summed E-state index contributed by atoms with van der Waals surface area (Å²) in [7, 11) is 0. The van der Waals surface area contributed by atoms with Crippen molar-refractivity contribution in [2.24, 2.45) is 0 Å². The van der Waals surface area contributed by atoms with Crippen LogP contribution in [0.3, 0.4) is 0 Å². The first kappa shape index (κ1) is 28.7. The van der Waals surface area contributed by atoms with Crippen molar-refractivity contribution >= 4 is 17.7 Å². The van der Waals surface area contributed by atoms with Crippen LogP contribution >= 0.6 is 0 Å². The van der Waals surface area contributed by atoms with Gasteiger partial charge in [0.15, 0.2) is 5.78 Å². The lowest BCUT2D eigenvalue weighted by atomic mass is 10.0. The summed E-state index contributed by atoms with van der Waals surface area (Å²) in [6.45, 7) is 8.42. The Balaban J connectivity index is 1.46. The SMILES string of the molecule is C=COCCCOc1ccc(C(=O)Oc2ccc(C(=O)c3ccc(OCCCOC(=O)C=C)cc3)cc2)cc1. The van der Waals surface area contributed by atoms with Crippen LogP contribution in [0.5, 0.6) is 17.2 Å². The van der Waals surface area contributed by atoms with Gasteiger partial charge in [0.1, 0.15) is 17.2 Å². The monoisotopic (exact) mass is 530 g/mol. The van der Waals surface area contributed by atoms with Gasteiger partial charge in [-0.2, -0.15) is 0 Å². The van der Waals surface area contributed by atoms with Crippen LogP contribution in [0.4, 0.5) is 0 Å². The minimum atomic E-state index is -0.519. The molecule has 0 aliphatic carbocycles. The summed E-state index contributed by atoms with van der Waals surface area (Å²) in [5.74, 6) is 0.391. The Bertz CT molecular complexity index is 1250. The van der Waals surface area contributed by atoms with E-state index in [0.717, 1.165) is 6.08 Å². The number of benzene rings is 3. The van der Waals surface area contributed by atoms with E-state index in [0.29, 0.717) is 66.6 Å². The molecular formula is C31H30O8. The molecule has 0 aliphatic rings. The average Bonchev–Trinajstić information content (AvgIpc) is 2.97. The van der Waals surface area contributed by atoms with Gasteiger partial charge in [0.2, 0.25) is 0 Å². The van der Waals surface area contributed by atoms with Gasteiger partial charge in [-0.05, 0) is 72.8 Å². The Labute approximate surface area is 227 Å². The average molecular weight is 531 g/mol. The molecule has 0 bridgehead atoms. The number of hydrogen-bond acceptors (Lipinski definition) is 8. The fourth-order valence-corrected chi connectivity index (χ4v) is 3.29. The zero-order chi connectivity index (χ0) is 27.9. The number of esters is 2. The van der Waals surface area contributed by atoms with E-state index in [4.69, 9.17) is 23.7 Å². The first-order chi connectivity index (χ1) is 19.0. The summed E-state index contributed by atoms with van der Waals surface area (Å²) in [5.41, 5.74) is 1.31. The molecule has 0 spiro atoms. The Kier molecular flexibility index (Phi) is 11.3. The third-order valence-electron chi connectivity index (χ3n) is 5.30. The Hall–Kier alpha value is -4.85. The van der Waals surface area contributed by atoms with Crippen LogP contribution in [-0.4, -0.2) is 44.1 Å². The first-order valence-corrected chi connectivity index (χ1v) is 12.3. The molecule has 0 heterocycles. The van der Waals surface area contributed by atoms with Crippen molar-refractivity contribution in [2.45, 2.75) is 12.8 Å². The quantitative estimate of drug-likeness (QED) is 0.0593. The van der Waals surface area contributed by atoms with Gasteiger partial charge in [-0.25, -0.2) is 9.59 Å². The number of carbonyl (C=O) groups is 3. The number of hydrogen-bond donors (Lipinski definition) is 0. The highest BCUT2D eigenvalue weighted by atomic mass is 16.5. The molecule has 0 atom stereocenters. The third-order valence-corrected chi connectivity index (χ3v) is 5.30. The fourth-order valence-electron chi connectivity index (χ4n) is 3.29. The van der Waals surface area contributed by atoms with Crippen molar-refractivity contribution in [3.63, 3.8) is 0 Å².